The van der Waals surface area contributed by atoms with Gasteiger partial charge < -0.3 is 20.1 Å². The second-order valence-electron chi connectivity index (χ2n) is 5.51. The highest BCUT2D eigenvalue weighted by molar-refractivity contribution is 7.80. The molecule has 27 heavy (non-hydrogen) atoms. The number of halogens is 4. The highest BCUT2D eigenvalue weighted by atomic mass is 35.5. The predicted octanol–water partition coefficient (Wildman–Crippen LogP) is 4.91. The van der Waals surface area contributed by atoms with Crippen molar-refractivity contribution in [3.05, 3.63) is 52.5 Å². The first-order valence-corrected chi connectivity index (χ1v) is 8.65. The van der Waals surface area contributed by atoms with Gasteiger partial charge in [0.2, 0.25) is 0 Å². The molecule has 0 spiro atoms. The summed E-state index contributed by atoms with van der Waals surface area (Å²) in [4.78, 5) is 0. The molecule has 0 heterocycles. The first kappa shape index (κ1) is 21.1. The van der Waals surface area contributed by atoms with Gasteiger partial charge in [-0.3, -0.25) is 0 Å². The number of benzene rings is 2. The molecule has 0 saturated carbocycles. The van der Waals surface area contributed by atoms with Crippen LogP contribution in [0.25, 0.3) is 0 Å². The number of anilines is 1. The molecular weight excluding hydrogens is 401 g/mol. The summed E-state index contributed by atoms with van der Waals surface area (Å²) in [5.41, 5.74) is 0.284. The van der Waals surface area contributed by atoms with Gasteiger partial charge in [0.25, 0.3) is 0 Å². The molecule has 2 N–H and O–H groups in total. The first-order valence-electron chi connectivity index (χ1n) is 7.87. The van der Waals surface area contributed by atoms with Crippen molar-refractivity contribution in [1.82, 2.24) is 5.32 Å². The van der Waals surface area contributed by atoms with E-state index >= 15 is 0 Å². The smallest absolute Gasteiger partial charge is 0.417 e. The third-order valence-corrected chi connectivity index (χ3v) is 4.25. The summed E-state index contributed by atoms with van der Waals surface area (Å²) in [7, 11) is 3.12. The normalized spacial score (nSPS) is 11.0. The van der Waals surface area contributed by atoms with Gasteiger partial charge in [-0.25, -0.2) is 0 Å². The molecule has 0 aliphatic carbocycles. The van der Waals surface area contributed by atoms with E-state index in [9.17, 15) is 13.2 Å². The number of thiocarbonyl (C=S) groups is 1. The maximum atomic E-state index is 12.9. The quantitative estimate of drug-likeness (QED) is 0.653. The fourth-order valence-corrected chi connectivity index (χ4v) is 2.80. The van der Waals surface area contributed by atoms with E-state index in [0.29, 0.717) is 24.5 Å². The number of alkyl halides is 3. The molecule has 9 heteroatoms. The Kier molecular flexibility index (Phi) is 7.15. The van der Waals surface area contributed by atoms with Crippen LogP contribution in [0.5, 0.6) is 11.5 Å². The van der Waals surface area contributed by atoms with Gasteiger partial charge in [-0.1, -0.05) is 17.7 Å². The van der Waals surface area contributed by atoms with E-state index in [1.807, 2.05) is 12.1 Å². The fourth-order valence-electron chi connectivity index (χ4n) is 2.35. The molecule has 0 unspecified atom stereocenters. The third-order valence-electron chi connectivity index (χ3n) is 3.68. The number of ether oxygens (including phenoxy) is 2. The van der Waals surface area contributed by atoms with E-state index in [2.05, 4.69) is 10.6 Å². The Morgan fingerprint density at radius 1 is 1.07 bits per heavy atom. The molecule has 0 amide bonds. The van der Waals surface area contributed by atoms with Crippen LogP contribution >= 0.6 is 23.8 Å². The first-order chi connectivity index (χ1) is 12.7. The van der Waals surface area contributed by atoms with Gasteiger partial charge in [-0.05, 0) is 54.5 Å². The largest absolute Gasteiger partial charge is 0.493 e. The topological polar surface area (TPSA) is 42.5 Å². The van der Waals surface area contributed by atoms with Crippen LogP contribution in [0.15, 0.2) is 36.4 Å². The van der Waals surface area contributed by atoms with Crippen molar-refractivity contribution in [3.63, 3.8) is 0 Å². The average Bonchev–Trinajstić information content (AvgIpc) is 2.62. The number of rotatable bonds is 6. The minimum Gasteiger partial charge on any atom is -0.493 e. The SMILES string of the molecule is COc1ccc(CCNC(=S)Nc2ccc(Cl)c(C(F)(F)F)c2)cc1OC. The summed E-state index contributed by atoms with van der Waals surface area (Å²) in [6.45, 7) is 0.487. The summed E-state index contributed by atoms with van der Waals surface area (Å²) < 4.78 is 49.1. The number of hydrogen-bond donors (Lipinski definition) is 2. The molecule has 0 aliphatic heterocycles. The van der Waals surface area contributed by atoms with Gasteiger partial charge >= 0.3 is 6.18 Å². The molecule has 2 rings (SSSR count). The predicted molar refractivity (Wildman–Crippen MR) is 104 cm³/mol. The zero-order valence-corrected chi connectivity index (χ0v) is 16.2. The van der Waals surface area contributed by atoms with E-state index in [1.165, 1.54) is 12.1 Å². The van der Waals surface area contributed by atoms with E-state index in [0.717, 1.165) is 11.6 Å². The Morgan fingerprint density at radius 3 is 2.41 bits per heavy atom. The van der Waals surface area contributed by atoms with Gasteiger partial charge in [-0.15, -0.1) is 0 Å². The number of methoxy groups -OCH3 is 2. The lowest BCUT2D eigenvalue weighted by molar-refractivity contribution is -0.137. The Labute approximate surface area is 165 Å². The molecule has 2 aromatic rings. The Morgan fingerprint density at radius 2 is 1.78 bits per heavy atom. The van der Waals surface area contributed by atoms with E-state index < -0.39 is 11.7 Å². The maximum absolute atomic E-state index is 12.9. The molecule has 2 aromatic carbocycles. The molecule has 0 aromatic heterocycles. The molecular formula is C18H18ClF3N2O2S. The van der Waals surface area contributed by atoms with Crippen LogP contribution in [0.3, 0.4) is 0 Å². The van der Waals surface area contributed by atoms with Crippen LogP contribution in [-0.4, -0.2) is 25.9 Å². The van der Waals surface area contributed by atoms with E-state index in [1.54, 1.807) is 20.3 Å². The lowest BCUT2D eigenvalue weighted by Crippen LogP contribution is -2.30. The van der Waals surface area contributed by atoms with Gasteiger partial charge in [0, 0.05) is 12.2 Å². The zero-order valence-electron chi connectivity index (χ0n) is 14.6. The van der Waals surface area contributed by atoms with Crippen molar-refractivity contribution in [1.29, 1.82) is 0 Å². The highest BCUT2D eigenvalue weighted by Gasteiger charge is 2.33. The fraction of sp³-hybridized carbons (Fsp3) is 0.278. The van der Waals surface area contributed by atoms with Crippen LogP contribution in [0.1, 0.15) is 11.1 Å². The highest BCUT2D eigenvalue weighted by Crippen LogP contribution is 2.36. The second kappa shape index (κ2) is 9.14. The molecule has 0 radical (unpaired) electrons. The molecule has 0 saturated heterocycles. The van der Waals surface area contributed by atoms with Crippen molar-refractivity contribution >= 4 is 34.6 Å². The van der Waals surface area contributed by atoms with E-state index in [-0.39, 0.29) is 15.8 Å². The summed E-state index contributed by atoms with van der Waals surface area (Å²) in [6, 6.07) is 9.08. The van der Waals surface area contributed by atoms with Gasteiger partial charge in [0.15, 0.2) is 16.6 Å². The Balaban J connectivity index is 1.92. The molecule has 0 atom stereocenters. The monoisotopic (exact) mass is 418 g/mol. The van der Waals surface area contributed by atoms with Crippen LogP contribution in [0, 0.1) is 0 Å². The number of hydrogen-bond acceptors (Lipinski definition) is 3. The van der Waals surface area contributed by atoms with Crippen LogP contribution in [0.2, 0.25) is 5.02 Å². The standard InChI is InChI=1S/C18H18ClF3N2O2S/c1-25-15-6-3-11(9-16(15)26-2)7-8-23-17(27)24-12-4-5-14(19)13(10-12)18(20,21)22/h3-6,9-10H,7-8H2,1-2H3,(H2,23,24,27). The van der Waals surface area contributed by atoms with Crippen molar-refractivity contribution < 1.29 is 22.6 Å². The third kappa shape index (κ3) is 5.90. The molecule has 0 fully saturated rings. The molecule has 0 aliphatic rings. The number of nitrogens with one attached hydrogen (secondary N) is 2. The summed E-state index contributed by atoms with van der Waals surface area (Å²) >= 11 is 10.7. The van der Waals surface area contributed by atoms with Crippen LogP contribution in [-0.2, 0) is 12.6 Å². The maximum Gasteiger partial charge on any atom is 0.417 e. The second-order valence-corrected chi connectivity index (χ2v) is 6.33. The summed E-state index contributed by atoms with van der Waals surface area (Å²) in [5, 5.41) is 5.53. The van der Waals surface area contributed by atoms with E-state index in [4.69, 9.17) is 33.3 Å². The van der Waals surface area contributed by atoms with Crippen LogP contribution in [0.4, 0.5) is 18.9 Å². The lowest BCUT2D eigenvalue weighted by Gasteiger charge is -2.14. The molecule has 146 valence electrons. The van der Waals surface area contributed by atoms with Crippen molar-refractivity contribution in [3.8, 4) is 11.5 Å². The Bertz CT molecular complexity index is 816. The lowest BCUT2D eigenvalue weighted by atomic mass is 10.1. The average molecular weight is 419 g/mol. The summed E-state index contributed by atoms with van der Waals surface area (Å²) in [5.74, 6) is 1.26. The minimum absolute atomic E-state index is 0.204. The van der Waals surface area contributed by atoms with Crippen LogP contribution < -0.4 is 20.1 Å². The van der Waals surface area contributed by atoms with Gasteiger partial charge in [0.05, 0.1) is 24.8 Å². The molecule has 4 nitrogen and oxygen atoms in total. The Hall–Kier alpha value is -2.19. The molecule has 0 bridgehead atoms. The van der Waals surface area contributed by atoms with Crippen molar-refractivity contribution in [2.24, 2.45) is 0 Å². The summed E-state index contributed by atoms with van der Waals surface area (Å²) in [6.07, 6.45) is -3.90. The van der Waals surface area contributed by atoms with Gasteiger partial charge in [-0.2, -0.15) is 13.2 Å². The van der Waals surface area contributed by atoms with Crippen molar-refractivity contribution in [2.45, 2.75) is 12.6 Å². The minimum atomic E-state index is -4.53. The van der Waals surface area contributed by atoms with Gasteiger partial charge in [0.1, 0.15) is 0 Å². The zero-order chi connectivity index (χ0) is 20.0. The van der Waals surface area contributed by atoms with Crippen molar-refractivity contribution in [2.75, 3.05) is 26.1 Å².